The second-order valence-electron chi connectivity index (χ2n) is 3.97. The molecule has 1 amide bonds. The predicted molar refractivity (Wildman–Crippen MR) is 64.8 cm³/mol. The molecule has 0 saturated heterocycles. The van der Waals surface area contributed by atoms with E-state index in [1.54, 1.807) is 12.1 Å². The maximum atomic E-state index is 11.9. The van der Waals surface area contributed by atoms with Crippen molar-refractivity contribution in [2.45, 2.75) is 26.3 Å². The molecule has 0 radical (unpaired) electrons. The lowest BCUT2D eigenvalue weighted by molar-refractivity contribution is 0.0939. The van der Waals surface area contributed by atoms with Gasteiger partial charge in [0.2, 0.25) is 6.79 Å². The molecule has 0 saturated carbocycles. The van der Waals surface area contributed by atoms with E-state index >= 15 is 0 Å². The van der Waals surface area contributed by atoms with Crippen LogP contribution in [0.1, 0.15) is 30.6 Å². The topological polar surface area (TPSA) is 47.6 Å². The smallest absolute Gasteiger partial charge is 0.251 e. The van der Waals surface area contributed by atoms with Crippen molar-refractivity contribution in [1.29, 1.82) is 0 Å². The van der Waals surface area contributed by atoms with Gasteiger partial charge in [0.1, 0.15) is 0 Å². The van der Waals surface area contributed by atoms with Crippen molar-refractivity contribution < 1.29 is 14.3 Å². The van der Waals surface area contributed by atoms with Crippen molar-refractivity contribution in [3.05, 3.63) is 22.7 Å². The number of rotatable bonds is 3. The zero-order valence-corrected chi connectivity index (χ0v) is 10.5. The van der Waals surface area contributed by atoms with E-state index in [2.05, 4.69) is 5.32 Å². The Hall–Kier alpha value is -1.42. The van der Waals surface area contributed by atoms with Gasteiger partial charge in [0.25, 0.3) is 5.91 Å². The maximum absolute atomic E-state index is 11.9. The molecule has 0 bridgehead atoms. The van der Waals surface area contributed by atoms with Crippen LogP contribution in [0, 0.1) is 0 Å². The van der Waals surface area contributed by atoms with Crippen molar-refractivity contribution in [2.75, 3.05) is 6.79 Å². The zero-order valence-electron chi connectivity index (χ0n) is 9.75. The Bertz CT molecular complexity index is 448. The van der Waals surface area contributed by atoms with E-state index in [4.69, 9.17) is 21.1 Å². The van der Waals surface area contributed by atoms with Crippen LogP contribution < -0.4 is 14.8 Å². The predicted octanol–water partition coefficient (Wildman–Crippen LogP) is 2.60. The van der Waals surface area contributed by atoms with E-state index in [-0.39, 0.29) is 18.7 Å². The largest absolute Gasteiger partial charge is 0.454 e. The molecular weight excluding hydrogens is 242 g/mol. The number of carbonyl (C=O) groups is 1. The van der Waals surface area contributed by atoms with Gasteiger partial charge in [0.05, 0.1) is 5.02 Å². The van der Waals surface area contributed by atoms with Crippen molar-refractivity contribution >= 4 is 17.5 Å². The standard InChI is InChI=1S/C12H14ClNO3/c1-3-7(2)14-12(15)8-4-9(13)11-10(5-8)16-6-17-11/h4-5,7H,3,6H2,1-2H3,(H,14,15)/t7-/m1/s1. The first-order chi connectivity index (χ1) is 8.11. The highest BCUT2D eigenvalue weighted by atomic mass is 35.5. The average molecular weight is 256 g/mol. The molecule has 1 heterocycles. The van der Waals surface area contributed by atoms with Gasteiger partial charge in [-0.25, -0.2) is 0 Å². The van der Waals surface area contributed by atoms with Crippen LogP contribution in [0.15, 0.2) is 12.1 Å². The Balaban J connectivity index is 2.22. The SMILES string of the molecule is CC[C@@H](C)NC(=O)c1cc(Cl)c2c(c1)OCO2. The van der Waals surface area contributed by atoms with E-state index in [9.17, 15) is 4.79 Å². The van der Waals surface area contributed by atoms with Gasteiger partial charge in [-0.2, -0.15) is 0 Å². The van der Waals surface area contributed by atoms with Gasteiger partial charge in [-0.3, -0.25) is 4.79 Å². The number of fused-ring (bicyclic) bond motifs is 1. The van der Waals surface area contributed by atoms with Crippen molar-refractivity contribution in [2.24, 2.45) is 0 Å². The van der Waals surface area contributed by atoms with Crippen LogP contribution in [-0.2, 0) is 0 Å². The zero-order chi connectivity index (χ0) is 12.4. The summed E-state index contributed by atoms with van der Waals surface area (Å²) < 4.78 is 10.4. The number of ether oxygens (including phenoxy) is 2. The first kappa shape index (κ1) is 12.0. The van der Waals surface area contributed by atoms with Crippen LogP contribution in [0.3, 0.4) is 0 Å². The summed E-state index contributed by atoms with van der Waals surface area (Å²) in [5.74, 6) is 0.873. The number of amides is 1. The summed E-state index contributed by atoms with van der Waals surface area (Å²) in [4.78, 5) is 11.9. The molecule has 0 spiro atoms. The van der Waals surface area contributed by atoms with Crippen LogP contribution in [0.5, 0.6) is 11.5 Å². The van der Waals surface area contributed by atoms with Gasteiger partial charge < -0.3 is 14.8 Å². The highest BCUT2D eigenvalue weighted by Crippen LogP contribution is 2.39. The molecule has 0 aromatic heterocycles. The molecule has 0 fully saturated rings. The molecule has 2 rings (SSSR count). The van der Waals surface area contributed by atoms with Crippen LogP contribution in [0.4, 0.5) is 0 Å². The molecular formula is C12H14ClNO3. The lowest BCUT2D eigenvalue weighted by Crippen LogP contribution is -2.31. The highest BCUT2D eigenvalue weighted by molar-refractivity contribution is 6.32. The van der Waals surface area contributed by atoms with Crippen LogP contribution >= 0.6 is 11.6 Å². The summed E-state index contributed by atoms with van der Waals surface area (Å²) in [6.07, 6.45) is 0.879. The Morgan fingerprint density at radius 1 is 1.53 bits per heavy atom. The molecule has 1 atom stereocenters. The lowest BCUT2D eigenvalue weighted by atomic mass is 10.1. The Kier molecular flexibility index (Phi) is 3.43. The molecule has 5 heteroatoms. The minimum absolute atomic E-state index is 0.131. The van der Waals surface area contributed by atoms with Crippen LogP contribution in [-0.4, -0.2) is 18.7 Å². The molecule has 92 valence electrons. The van der Waals surface area contributed by atoms with Gasteiger partial charge in [0.15, 0.2) is 11.5 Å². The number of halogens is 1. The molecule has 1 N–H and O–H groups in total. The maximum Gasteiger partial charge on any atom is 0.251 e. The highest BCUT2D eigenvalue weighted by Gasteiger charge is 2.20. The Labute approximate surface area is 105 Å². The molecule has 0 unspecified atom stereocenters. The minimum Gasteiger partial charge on any atom is -0.454 e. The second kappa shape index (κ2) is 4.84. The number of hydrogen-bond donors (Lipinski definition) is 1. The summed E-state index contributed by atoms with van der Waals surface area (Å²) in [6.45, 7) is 4.11. The van der Waals surface area contributed by atoms with E-state index in [1.165, 1.54) is 0 Å². The monoisotopic (exact) mass is 255 g/mol. The fourth-order valence-corrected chi connectivity index (χ4v) is 1.77. The minimum atomic E-state index is -0.153. The first-order valence-corrected chi connectivity index (χ1v) is 5.89. The van der Waals surface area contributed by atoms with Crippen molar-refractivity contribution in [1.82, 2.24) is 5.32 Å². The molecule has 1 aromatic rings. The number of benzene rings is 1. The summed E-state index contributed by atoms with van der Waals surface area (Å²) in [7, 11) is 0. The van der Waals surface area contributed by atoms with E-state index in [1.807, 2.05) is 13.8 Å². The third-order valence-electron chi connectivity index (χ3n) is 2.68. The molecule has 1 aliphatic heterocycles. The van der Waals surface area contributed by atoms with Gasteiger partial charge in [-0.05, 0) is 25.5 Å². The van der Waals surface area contributed by atoms with E-state index < -0.39 is 0 Å². The van der Waals surface area contributed by atoms with Crippen LogP contribution in [0.2, 0.25) is 5.02 Å². The first-order valence-electron chi connectivity index (χ1n) is 5.51. The molecule has 0 aliphatic carbocycles. The average Bonchev–Trinajstić information content (AvgIpc) is 2.77. The normalized spacial score (nSPS) is 14.5. The lowest BCUT2D eigenvalue weighted by Gasteiger charge is -2.11. The van der Waals surface area contributed by atoms with Crippen molar-refractivity contribution in [3.8, 4) is 11.5 Å². The third kappa shape index (κ3) is 2.47. The van der Waals surface area contributed by atoms with Crippen LogP contribution in [0.25, 0.3) is 0 Å². The fraction of sp³-hybridized carbons (Fsp3) is 0.417. The summed E-state index contributed by atoms with van der Waals surface area (Å²) in [6, 6.07) is 3.37. The van der Waals surface area contributed by atoms with Gasteiger partial charge >= 0.3 is 0 Å². The molecule has 4 nitrogen and oxygen atoms in total. The number of carbonyl (C=O) groups excluding carboxylic acids is 1. The number of nitrogens with one attached hydrogen (secondary N) is 1. The van der Waals surface area contributed by atoms with E-state index in [0.717, 1.165) is 6.42 Å². The number of hydrogen-bond acceptors (Lipinski definition) is 3. The third-order valence-corrected chi connectivity index (χ3v) is 2.96. The van der Waals surface area contributed by atoms with Gasteiger partial charge in [0, 0.05) is 11.6 Å². The Morgan fingerprint density at radius 2 is 2.29 bits per heavy atom. The van der Waals surface area contributed by atoms with E-state index in [0.29, 0.717) is 22.1 Å². The summed E-state index contributed by atoms with van der Waals surface area (Å²) >= 11 is 6.00. The van der Waals surface area contributed by atoms with Gasteiger partial charge in [-0.1, -0.05) is 18.5 Å². The fourth-order valence-electron chi connectivity index (χ4n) is 1.51. The Morgan fingerprint density at radius 3 is 3.00 bits per heavy atom. The molecule has 17 heavy (non-hydrogen) atoms. The molecule has 1 aliphatic rings. The van der Waals surface area contributed by atoms with Crippen molar-refractivity contribution in [3.63, 3.8) is 0 Å². The summed E-state index contributed by atoms with van der Waals surface area (Å²) in [5.41, 5.74) is 0.486. The summed E-state index contributed by atoms with van der Waals surface area (Å²) in [5, 5.41) is 3.27. The quantitative estimate of drug-likeness (QED) is 0.903. The second-order valence-corrected chi connectivity index (χ2v) is 4.38. The molecule has 1 aromatic carbocycles. The van der Waals surface area contributed by atoms with Gasteiger partial charge in [-0.15, -0.1) is 0 Å².